The largest absolute Gasteiger partial charge is 0.508 e. The number of amides is 1. The lowest BCUT2D eigenvalue weighted by Gasteiger charge is -2.40. The standard InChI is InChI=1S/C24H33NO4/c1-15(2)8-6-9-16(3)10-7-11-24(4)21(27)13-18-20(26)12-17-19(22(18)29-24)14-25(5)23(17)28/h8,10,12,21,26-27H,6-7,9,11,13-14H2,1-5H3/b16-10+. The number of allylic oxidation sites excluding steroid dienone is 4. The number of carbonyl (C=O) groups excluding carboxylic acids is 1. The summed E-state index contributed by atoms with van der Waals surface area (Å²) in [7, 11) is 1.74. The number of phenols is 1. The number of fused-ring (bicyclic) bond motifs is 3. The minimum atomic E-state index is -0.755. The van der Waals surface area contributed by atoms with E-state index in [9.17, 15) is 15.0 Å². The Hall–Kier alpha value is -2.27. The maximum absolute atomic E-state index is 12.3. The Morgan fingerprint density at radius 2 is 2.00 bits per heavy atom. The van der Waals surface area contributed by atoms with Crippen molar-refractivity contribution in [1.82, 2.24) is 4.90 Å². The maximum atomic E-state index is 12.3. The molecule has 1 aromatic carbocycles. The second-order valence-corrected chi connectivity index (χ2v) is 8.93. The van der Waals surface area contributed by atoms with Crippen LogP contribution in [0.2, 0.25) is 0 Å². The summed E-state index contributed by atoms with van der Waals surface area (Å²) in [5.74, 6) is 0.498. The lowest BCUT2D eigenvalue weighted by Crippen LogP contribution is -2.49. The van der Waals surface area contributed by atoms with Crippen LogP contribution >= 0.6 is 0 Å². The van der Waals surface area contributed by atoms with E-state index in [2.05, 4.69) is 32.9 Å². The fourth-order valence-corrected chi connectivity index (χ4v) is 4.14. The molecular weight excluding hydrogens is 366 g/mol. The van der Waals surface area contributed by atoms with Gasteiger partial charge >= 0.3 is 0 Å². The van der Waals surface area contributed by atoms with E-state index in [0.717, 1.165) is 24.8 Å². The number of hydrogen-bond donors (Lipinski definition) is 2. The van der Waals surface area contributed by atoms with Gasteiger partial charge in [-0.3, -0.25) is 4.79 Å². The number of aliphatic hydroxyl groups is 1. The maximum Gasteiger partial charge on any atom is 0.254 e. The Morgan fingerprint density at radius 1 is 1.28 bits per heavy atom. The van der Waals surface area contributed by atoms with Gasteiger partial charge in [0, 0.05) is 24.6 Å². The van der Waals surface area contributed by atoms with Crippen LogP contribution in [0.4, 0.5) is 0 Å². The highest BCUT2D eigenvalue weighted by Crippen LogP contribution is 2.46. The van der Waals surface area contributed by atoms with Crippen molar-refractivity contribution < 1.29 is 19.7 Å². The second-order valence-electron chi connectivity index (χ2n) is 8.93. The number of carbonyl (C=O) groups is 1. The monoisotopic (exact) mass is 399 g/mol. The predicted molar refractivity (Wildman–Crippen MR) is 114 cm³/mol. The van der Waals surface area contributed by atoms with Crippen molar-refractivity contribution in [2.45, 2.75) is 78.0 Å². The zero-order valence-electron chi connectivity index (χ0n) is 18.2. The summed E-state index contributed by atoms with van der Waals surface area (Å²) in [5.41, 5.74) is 3.83. The molecule has 2 aliphatic rings. The van der Waals surface area contributed by atoms with Crippen LogP contribution < -0.4 is 4.74 Å². The van der Waals surface area contributed by atoms with Crippen molar-refractivity contribution in [2.24, 2.45) is 0 Å². The summed E-state index contributed by atoms with van der Waals surface area (Å²) in [6, 6.07) is 1.51. The highest BCUT2D eigenvalue weighted by molar-refractivity contribution is 5.99. The third kappa shape index (κ3) is 4.35. The molecule has 158 valence electrons. The van der Waals surface area contributed by atoms with Gasteiger partial charge in [0.15, 0.2) is 0 Å². The van der Waals surface area contributed by atoms with Gasteiger partial charge in [0.1, 0.15) is 17.1 Å². The van der Waals surface area contributed by atoms with E-state index < -0.39 is 11.7 Å². The minimum absolute atomic E-state index is 0.0264. The number of aliphatic hydroxyl groups excluding tert-OH is 1. The smallest absolute Gasteiger partial charge is 0.254 e. The van der Waals surface area contributed by atoms with Crippen LogP contribution in [0.25, 0.3) is 0 Å². The summed E-state index contributed by atoms with van der Waals surface area (Å²) in [5, 5.41) is 21.2. The van der Waals surface area contributed by atoms with Crippen LogP contribution in [0.5, 0.6) is 11.5 Å². The zero-order valence-corrected chi connectivity index (χ0v) is 18.2. The molecule has 1 amide bonds. The molecule has 29 heavy (non-hydrogen) atoms. The summed E-state index contributed by atoms with van der Waals surface area (Å²) in [6.07, 6.45) is 7.63. The van der Waals surface area contributed by atoms with E-state index in [-0.39, 0.29) is 11.7 Å². The Kier molecular flexibility index (Phi) is 6.08. The molecule has 1 aromatic rings. The fourth-order valence-electron chi connectivity index (χ4n) is 4.14. The molecule has 2 atom stereocenters. The number of aromatic hydroxyl groups is 1. The molecule has 0 spiro atoms. The summed E-state index contributed by atoms with van der Waals surface area (Å²) in [4.78, 5) is 14.0. The molecule has 0 aliphatic carbocycles. The van der Waals surface area contributed by atoms with Crippen molar-refractivity contribution >= 4 is 5.91 Å². The van der Waals surface area contributed by atoms with Gasteiger partial charge in [-0.25, -0.2) is 0 Å². The lowest BCUT2D eigenvalue weighted by molar-refractivity contribution is -0.0599. The van der Waals surface area contributed by atoms with Crippen LogP contribution in [0.15, 0.2) is 29.4 Å². The first-order valence-electron chi connectivity index (χ1n) is 10.4. The van der Waals surface area contributed by atoms with E-state index in [1.54, 1.807) is 11.9 Å². The van der Waals surface area contributed by atoms with Gasteiger partial charge in [0.25, 0.3) is 5.91 Å². The number of phenolic OH excluding ortho intramolecular Hbond substituents is 1. The van der Waals surface area contributed by atoms with Gasteiger partial charge in [-0.2, -0.15) is 0 Å². The second kappa shape index (κ2) is 8.23. The van der Waals surface area contributed by atoms with Crippen molar-refractivity contribution in [2.75, 3.05) is 7.05 Å². The topological polar surface area (TPSA) is 70.0 Å². The first kappa shape index (κ1) is 21.4. The molecule has 3 rings (SSSR count). The molecule has 0 saturated carbocycles. The normalized spacial score (nSPS) is 23.5. The first-order chi connectivity index (χ1) is 13.6. The van der Waals surface area contributed by atoms with Crippen molar-refractivity contribution in [3.8, 4) is 11.5 Å². The molecular formula is C24H33NO4. The molecule has 5 nitrogen and oxygen atoms in total. The quantitative estimate of drug-likeness (QED) is 0.691. The summed E-state index contributed by atoms with van der Waals surface area (Å²) < 4.78 is 6.32. The van der Waals surface area contributed by atoms with Crippen molar-refractivity contribution in [1.29, 1.82) is 0 Å². The van der Waals surface area contributed by atoms with E-state index in [0.29, 0.717) is 36.3 Å². The van der Waals surface area contributed by atoms with E-state index >= 15 is 0 Å². The molecule has 2 unspecified atom stereocenters. The van der Waals surface area contributed by atoms with Crippen LogP contribution in [0.1, 0.15) is 74.9 Å². The van der Waals surface area contributed by atoms with Gasteiger partial charge in [-0.15, -0.1) is 0 Å². The number of rotatable bonds is 6. The highest BCUT2D eigenvalue weighted by atomic mass is 16.5. The van der Waals surface area contributed by atoms with Gasteiger partial charge in [-0.05, 0) is 59.4 Å². The number of ether oxygens (including phenoxy) is 1. The fraction of sp³-hybridized carbons (Fsp3) is 0.542. The van der Waals surface area contributed by atoms with E-state index in [1.807, 2.05) is 6.92 Å². The van der Waals surface area contributed by atoms with Gasteiger partial charge < -0.3 is 19.8 Å². The Morgan fingerprint density at radius 3 is 2.69 bits per heavy atom. The average Bonchev–Trinajstić information content (AvgIpc) is 2.91. The SMILES string of the molecule is CC(C)=CCC/C(C)=C/CCC1(C)Oc2c(c(O)cc3c2CN(C)C3=O)CC1O. The molecule has 0 bridgehead atoms. The predicted octanol–water partition coefficient (Wildman–Crippen LogP) is 4.51. The first-order valence-corrected chi connectivity index (χ1v) is 10.4. The molecule has 2 N–H and O–H groups in total. The Bertz CT molecular complexity index is 866. The summed E-state index contributed by atoms with van der Waals surface area (Å²) in [6.45, 7) is 8.75. The third-order valence-electron chi connectivity index (χ3n) is 6.10. The average molecular weight is 400 g/mol. The van der Waals surface area contributed by atoms with Gasteiger partial charge in [0.2, 0.25) is 0 Å². The van der Waals surface area contributed by atoms with E-state index in [4.69, 9.17) is 4.74 Å². The summed E-state index contributed by atoms with van der Waals surface area (Å²) >= 11 is 0. The van der Waals surface area contributed by atoms with Gasteiger partial charge in [-0.1, -0.05) is 23.3 Å². The van der Waals surface area contributed by atoms with E-state index in [1.165, 1.54) is 17.2 Å². The van der Waals surface area contributed by atoms with Crippen molar-refractivity contribution in [3.05, 3.63) is 46.1 Å². The van der Waals surface area contributed by atoms with Crippen LogP contribution in [-0.2, 0) is 13.0 Å². The molecule has 2 aliphatic heterocycles. The number of nitrogens with zero attached hydrogens (tertiary/aromatic N) is 1. The number of hydrogen-bond acceptors (Lipinski definition) is 4. The minimum Gasteiger partial charge on any atom is -0.508 e. The van der Waals surface area contributed by atoms with Crippen LogP contribution in [0, 0.1) is 0 Å². The Balaban J connectivity index is 1.76. The number of benzene rings is 1. The van der Waals surface area contributed by atoms with Crippen LogP contribution in [0.3, 0.4) is 0 Å². The molecule has 0 aromatic heterocycles. The highest BCUT2D eigenvalue weighted by Gasteiger charge is 2.43. The Labute approximate surface area is 173 Å². The van der Waals surface area contributed by atoms with Crippen molar-refractivity contribution in [3.63, 3.8) is 0 Å². The lowest BCUT2D eigenvalue weighted by atomic mass is 9.84. The molecule has 0 fully saturated rings. The van der Waals surface area contributed by atoms with Crippen LogP contribution in [-0.4, -0.2) is 39.8 Å². The third-order valence-corrected chi connectivity index (χ3v) is 6.10. The molecule has 0 radical (unpaired) electrons. The molecule has 2 heterocycles. The molecule has 0 saturated heterocycles. The molecule has 5 heteroatoms. The van der Waals surface area contributed by atoms with Gasteiger partial charge in [0.05, 0.1) is 18.2 Å². The zero-order chi connectivity index (χ0) is 21.3.